The minimum atomic E-state index is -0.151. The lowest BCUT2D eigenvalue weighted by Crippen LogP contribution is -2.29. The Balaban J connectivity index is 2.12. The molecular formula is C24H28Br4O4. The van der Waals surface area contributed by atoms with Gasteiger partial charge in [0, 0.05) is 5.41 Å². The molecule has 0 amide bonds. The largest absolute Gasteiger partial charge is 0.489 e. The first-order chi connectivity index (χ1) is 15.4. The van der Waals surface area contributed by atoms with Gasteiger partial charge in [0.05, 0.1) is 31.1 Å². The van der Waals surface area contributed by atoms with Crippen LogP contribution >= 0.6 is 63.7 Å². The lowest BCUT2D eigenvalue weighted by molar-refractivity contribution is 0.199. The van der Waals surface area contributed by atoms with Crippen LogP contribution in [0.5, 0.6) is 11.5 Å². The number of hydrogen-bond acceptors (Lipinski definition) is 4. The highest BCUT2D eigenvalue weighted by atomic mass is 79.9. The first-order valence-electron chi connectivity index (χ1n) is 10.9. The molecule has 3 rings (SSSR count). The van der Waals surface area contributed by atoms with Gasteiger partial charge in [-0.1, -0.05) is 32.1 Å². The van der Waals surface area contributed by atoms with Gasteiger partial charge >= 0.3 is 0 Å². The van der Waals surface area contributed by atoms with Crippen molar-refractivity contribution in [2.45, 2.75) is 50.4 Å². The van der Waals surface area contributed by atoms with Crippen LogP contribution in [0.4, 0.5) is 0 Å². The SMILES string of the molecule is OCCOc1c(Br)cc(C2(c3cc(Br)c(OCCO)c(Br)c3)CCCCCCC2)cc1Br. The monoisotopic (exact) mass is 696 g/mol. The number of aliphatic hydroxyl groups is 2. The first kappa shape index (κ1) is 26.5. The van der Waals surface area contributed by atoms with Gasteiger partial charge in [-0.15, -0.1) is 0 Å². The highest BCUT2D eigenvalue weighted by molar-refractivity contribution is 9.11. The average Bonchev–Trinajstić information content (AvgIpc) is 2.73. The number of halogens is 4. The third kappa shape index (κ3) is 6.11. The van der Waals surface area contributed by atoms with Gasteiger partial charge in [0.15, 0.2) is 0 Å². The fourth-order valence-corrected chi connectivity index (χ4v) is 7.33. The molecule has 2 aromatic rings. The Hall–Kier alpha value is -0.120. The molecule has 0 radical (unpaired) electrons. The molecule has 0 unspecified atom stereocenters. The number of ether oxygens (including phenoxy) is 2. The Labute approximate surface area is 223 Å². The van der Waals surface area contributed by atoms with E-state index in [4.69, 9.17) is 19.7 Å². The van der Waals surface area contributed by atoms with Crippen molar-refractivity contribution in [3.8, 4) is 11.5 Å². The van der Waals surface area contributed by atoms with Crippen molar-refractivity contribution in [1.82, 2.24) is 0 Å². The van der Waals surface area contributed by atoms with Crippen molar-refractivity contribution in [3.63, 3.8) is 0 Å². The molecule has 1 fully saturated rings. The molecule has 1 aliphatic carbocycles. The fourth-order valence-electron chi connectivity index (χ4n) is 4.50. The van der Waals surface area contributed by atoms with Gasteiger partial charge in [0.2, 0.25) is 0 Å². The van der Waals surface area contributed by atoms with Crippen molar-refractivity contribution in [2.75, 3.05) is 26.4 Å². The maximum absolute atomic E-state index is 9.16. The average molecular weight is 700 g/mol. The van der Waals surface area contributed by atoms with Crippen LogP contribution in [0.15, 0.2) is 42.2 Å². The molecule has 2 N–H and O–H groups in total. The Morgan fingerprint density at radius 1 is 0.625 bits per heavy atom. The summed E-state index contributed by atoms with van der Waals surface area (Å²) in [6.07, 6.45) is 8.20. The Kier molecular flexibility index (Phi) is 10.4. The summed E-state index contributed by atoms with van der Waals surface area (Å²) in [6.45, 7) is 0.433. The van der Waals surface area contributed by atoms with E-state index < -0.39 is 0 Å². The molecule has 0 heterocycles. The third-order valence-electron chi connectivity index (χ3n) is 5.98. The van der Waals surface area contributed by atoms with Gasteiger partial charge in [-0.3, -0.25) is 0 Å². The van der Waals surface area contributed by atoms with Crippen LogP contribution < -0.4 is 9.47 Å². The van der Waals surface area contributed by atoms with E-state index in [1.165, 1.54) is 30.4 Å². The fraction of sp³-hybridized carbons (Fsp3) is 0.500. The second-order valence-electron chi connectivity index (χ2n) is 8.03. The zero-order valence-corrected chi connectivity index (χ0v) is 24.2. The van der Waals surface area contributed by atoms with E-state index in [1.54, 1.807) is 0 Å². The Bertz CT molecular complexity index is 799. The van der Waals surface area contributed by atoms with E-state index in [2.05, 4.69) is 88.0 Å². The van der Waals surface area contributed by atoms with Crippen molar-refractivity contribution >= 4 is 63.7 Å². The molecule has 1 aliphatic rings. The predicted octanol–water partition coefficient (Wildman–Crippen LogP) is 7.51. The second kappa shape index (κ2) is 12.5. The topological polar surface area (TPSA) is 58.9 Å². The number of benzene rings is 2. The molecule has 0 spiro atoms. The van der Waals surface area contributed by atoms with Crippen LogP contribution in [-0.4, -0.2) is 36.6 Å². The molecule has 0 atom stereocenters. The highest BCUT2D eigenvalue weighted by Gasteiger charge is 2.36. The van der Waals surface area contributed by atoms with Crippen molar-refractivity contribution in [1.29, 1.82) is 0 Å². The zero-order valence-electron chi connectivity index (χ0n) is 17.8. The molecule has 4 nitrogen and oxygen atoms in total. The molecule has 8 heteroatoms. The van der Waals surface area contributed by atoms with Gasteiger partial charge in [0.1, 0.15) is 24.7 Å². The second-order valence-corrected chi connectivity index (χ2v) is 11.4. The van der Waals surface area contributed by atoms with E-state index in [0.29, 0.717) is 11.5 Å². The van der Waals surface area contributed by atoms with Crippen LogP contribution in [-0.2, 0) is 5.41 Å². The molecule has 0 saturated heterocycles. The summed E-state index contributed by atoms with van der Waals surface area (Å²) in [5.74, 6) is 1.41. The quantitative estimate of drug-likeness (QED) is 0.300. The molecule has 0 aliphatic heterocycles. The smallest absolute Gasteiger partial charge is 0.147 e. The molecule has 0 bridgehead atoms. The standard InChI is InChI=1S/C24H28Br4O4/c25-18-12-16(13-19(26)22(18)31-10-8-29)24(6-4-2-1-3-5-7-24)17-14-20(27)23(21(28)15-17)32-11-9-30/h12-15,29-30H,1-11H2. The minimum Gasteiger partial charge on any atom is -0.489 e. The summed E-state index contributed by atoms with van der Waals surface area (Å²) in [5.41, 5.74) is 2.32. The van der Waals surface area contributed by atoms with E-state index in [9.17, 15) is 0 Å². The van der Waals surface area contributed by atoms with E-state index in [-0.39, 0.29) is 31.8 Å². The predicted molar refractivity (Wildman–Crippen MR) is 142 cm³/mol. The van der Waals surface area contributed by atoms with Gasteiger partial charge in [-0.25, -0.2) is 0 Å². The van der Waals surface area contributed by atoms with Gasteiger partial charge < -0.3 is 19.7 Å². The van der Waals surface area contributed by atoms with Gasteiger partial charge in [-0.2, -0.15) is 0 Å². The molecule has 176 valence electrons. The molecular weight excluding hydrogens is 672 g/mol. The lowest BCUT2D eigenvalue weighted by atomic mass is 9.67. The van der Waals surface area contributed by atoms with Crippen LogP contribution in [0.25, 0.3) is 0 Å². The summed E-state index contributed by atoms with van der Waals surface area (Å²) in [6, 6.07) is 8.65. The first-order valence-corrected chi connectivity index (χ1v) is 14.1. The van der Waals surface area contributed by atoms with Crippen molar-refractivity contribution < 1.29 is 19.7 Å². The lowest BCUT2D eigenvalue weighted by Gasteiger charge is -2.38. The normalized spacial score (nSPS) is 16.3. The maximum Gasteiger partial charge on any atom is 0.147 e. The van der Waals surface area contributed by atoms with Crippen LogP contribution in [0.1, 0.15) is 56.1 Å². The van der Waals surface area contributed by atoms with E-state index in [0.717, 1.165) is 43.6 Å². The van der Waals surface area contributed by atoms with E-state index in [1.807, 2.05) is 0 Å². The summed E-state index contributed by atoms with van der Waals surface area (Å²) < 4.78 is 15.0. The molecule has 1 saturated carbocycles. The van der Waals surface area contributed by atoms with E-state index >= 15 is 0 Å². The maximum atomic E-state index is 9.16. The zero-order chi connectivity index (χ0) is 23.1. The van der Waals surface area contributed by atoms with Crippen LogP contribution in [0.3, 0.4) is 0 Å². The van der Waals surface area contributed by atoms with Gasteiger partial charge in [0.25, 0.3) is 0 Å². The number of hydrogen-bond donors (Lipinski definition) is 2. The summed E-state index contributed by atoms with van der Waals surface area (Å²) in [7, 11) is 0. The molecule has 2 aromatic carbocycles. The minimum absolute atomic E-state index is 0.0304. The van der Waals surface area contributed by atoms with Crippen LogP contribution in [0, 0.1) is 0 Å². The summed E-state index contributed by atoms with van der Waals surface area (Å²) >= 11 is 14.8. The van der Waals surface area contributed by atoms with Gasteiger partial charge in [-0.05, 0) is 112 Å². The number of rotatable bonds is 8. The Morgan fingerprint density at radius 2 is 0.969 bits per heavy atom. The molecule has 0 aromatic heterocycles. The Morgan fingerprint density at radius 3 is 1.31 bits per heavy atom. The molecule has 32 heavy (non-hydrogen) atoms. The van der Waals surface area contributed by atoms with Crippen molar-refractivity contribution in [3.05, 3.63) is 53.3 Å². The van der Waals surface area contributed by atoms with Crippen molar-refractivity contribution in [2.24, 2.45) is 0 Å². The van der Waals surface area contributed by atoms with Crippen LogP contribution in [0.2, 0.25) is 0 Å². The number of aliphatic hydroxyl groups excluding tert-OH is 2. The highest BCUT2D eigenvalue weighted by Crippen LogP contribution is 2.49. The summed E-state index contributed by atoms with van der Waals surface area (Å²) in [4.78, 5) is 0. The summed E-state index contributed by atoms with van der Waals surface area (Å²) in [5, 5.41) is 18.3. The third-order valence-corrected chi connectivity index (χ3v) is 8.34.